The minimum absolute atomic E-state index is 0.156. The molecule has 0 bridgehead atoms. The molecule has 1 heterocycles. The van der Waals surface area contributed by atoms with Crippen molar-refractivity contribution in [3.63, 3.8) is 0 Å². The number of hydrogen-bond acceptors (Lipinski definition) is 3. The van der Waals surface area contributed by atoms with Gasteiger partial charge in [-0.25, -0.2) is 4.79 Å². The molecular weight excluding hydrogens is 230 g/mol. The molecule has 0 spiro atoms. The molecule has 0 aliphatic carbocycles. The molecule has 0 saturated carbocycles. The van der Waals surface area contributed by atoms with E-state index in [-0.39, 0.29) is 11.8 Å². The highest BCUT2D eigenvalue weighted by Crippen LogP contribution is 2.14. The fourth-order valence-corrected chi connectivity index (χ4v) is 1.38. The van der Waals surface area contributed by atoms with Gasteiger partial charge >= 0.3 is 6.03 Å². The number of phenols is 1. The van der Waals surface area contributed by atoms with Gasteiger partial charge in [-0.1, -0.05) is 0 Å². The van der Waals surface area contributed by atoms with Crippen LogP contribution in [0.4, 0.5) is 16.2 Å². The van der Waals surface area contributed by atoms with Crippen molar-refractivity contribution in [1.29, 1.82) is 0 Å². The number of nitrogens with zero attached hydrogens (tertiary/aromatic N) is 1. The van der Waals surface area contributed by atoms with E-state index in [1.807, 2.05) is 13.0 Å². The molecule has 2 aromatic rings. The highest BCUT2D eigenvalue weighted by molar-refractivity contribution is 5.99. The molecule has 2 amide bonds. The highest BCUT2D eigenvalue weighted by atomic mass is 16.3. The Morgan fingerprint density at radius 2 is 1.67 bits per heavy atom. The second-order valence-electron chi connectivity index (χ2n) is 3.81. The van der Waals surface area contributed by atoms with Crippen LogP contribution in [0, 0.1) is 6.92 Å². The van der Waals surface area contributed by atoms with Crippen LogP contribution in [0.25, 0.3) is 0 Å². The van der Waals surface area contributed by atoms with Crippen LogP contribution in [0.5, 0.6) is 5.75 Å². The molecule has 0 radical (unpaired) electrons. The molecule has 1 aromatic carbocycles. The third-order valence-corrected chi connectivity index (χ3v) is 2.29. The summed E-state index contributed by atoms with van der Waals surface area (Å²) in [4.78, 5) is 15.7. The topological polar surface area (TPSA) is 74.2 Å². The Bertz CT molecular complexity index is 486. The number of rotatable bonds is 2. The molecule has 0 atom stereocenters. The lowest BCUT2D eigenvalue weighted by Gasteiger charge is -2.07. The molecule has 1 aromatic heterocycles. The number of nitrogens with one attached hydrogen (secondary N) is 2. The van der Waals surface area contributed by atoms with Crippen molar-refractivity contribution < 1.29 is 9.90 Å². The molecule has 5 heteroatoms. The van der Waals surface area contributed by atoms with Gasteiger partial charge in [0.05, 0.1) is 11.9 Å². The molecule has 0 aliphatic heterocycles. The lowest BCUT2D eigenvalue weighted by Crippen LogP contribution is -2.19. The second kappa shape index (κ2) is 5.18. The SMILES string of the molecule is Cc1ccc(NC(=O)Nc2ccc(O)cc2)cn1. The van der Waals surface area contributed by atoms with Crippen LogP contribution >= 0.6 is 0 Å². The van der Waals surface area contributed by atoms with Gasteiger partial charge in [-0.3, -0.25) is 4.98 Å². The summed E-state index contributed by atoms with van der Waals surface area (Å²) >= 11 is 0. The van der Waals surface area contributed by atoms with Crippen LogP contribution in [0.15, 0.2) is 42.6 Å². The predicted molar refractivity (Wildman–Crippen MR) is 69.7 cm³/mol. The van der Waals surface area contributed by atoms with Crippen molar-refractivity contribution in [1.82, 2.24) is 4.98 Å². The average molecular weight is 243 g/mol. The Kier molecular flexibility index (Phi) is 3.43. The highest BCUT2D eigenvalue weighted by Gasteiger charge is 2.02. The fourth-order valence-electron chi connectivity index (χ4n) is 1.38. The van der Waals surface area contributed by atoms with Gasteiger partial charge in [0.25, 0.3) is 0 Å². The van der Waals surface area contributed by atoms with Crippen LogP contribution in [-0.4, -0.2) is 16.1 Å². The number of phenolic OH excluding ortho intramolecular Hbond substituents is 1. The molecule has 0 saturated heterocycles. The van der Waals surface area contributed by atoms with Crippen LogP contribution in [0.1, 0.15) is 5.69 Å². The maximum atomic E-state index is 11.6. The predicted octanol–water partition coefficient (Wildman–Crippen LogP) is 2.74. The number of pyridine rings is 1. The monoisotopic (exact) mass is 243 g/mol. The number of amides is 2. The first-order valence-corrected chi connectivity index (χ1v) is 5.43. The van der Waals surface area contributed by atoms with E-state index in [4.69, 9.17) is 5.11 Å². The number of benzene rings is 1. The zero-order chi connectivity index (χ0) is 13.0. The number of carbonyl (C=O) groups is 1. The van der Waals surface area contributed by atoms with E-state index < -0.39 is 0 Å². The van der Waals surface area contributed by atoms with Crippen molar-refractivity contribution >= 4 is 17.4 Å². The molecule has 18 heavy (non-hydrogen) atoms. The Balaban J connectivity index is 1.96. The van der Waals surface area contributed by atoms with Crippen molar-refractivity contribution in [2.24, 2.45) is 0 Å². The fraction of sp³-hybridized carbons (Fsp3) is 0.0769. The molecule has 0 aliphatic rings. The molecule has 0 fully saturated rings. The van der Waals surface area contributed by atoms with E-state index in [1.165, 1.54) is 12.1 Å². The summed E-state index contributed by atoms with van der Waals surface area (Å²) in [7, 11) is 0. The maximum absolute atomic E-state index is 11.6. The van der Waals surface area contributed by atoms with Gasteiger partial charge in [-0.2, -0.15) is 0 Å². The Hall–Kier alpha value is -2.56. The first kappa shape index (κ1) is 11.9. The van der Waals surface area contributed by atoms with Crippen LogP contribution < -0.4 is 10.6 Å². The van der Waals surface area contributed by atoms with Gasteiger partial charge in [0.1, 0.15) is 5.75 Å². The standard InChI is InChI=1S/C13H13N3O2/c1-9-2-3-11(8-14-9)16-13(18)15-10-4-6-12(17)7-5-10/h2-8,17H,1H3,(H2,15,16,18). The molecule has 3 N–H and O–H groups in total. The van der Waals surface area contributed by atoms with Crippen LogP contribution in [0.3, 0.4) is 0 Å². The van der Waals surface area contributed by atoms with Gasteiger partial charge in [0, 0.05) is 11.4 Å². The van der Waals surface area contributed by atoms with Gasteiger partial charge in [-0.15, -0.1) is 0 Å². The summed E-state index contributed by atoms with van der Waals surface area (Å²) in [5.41, 5.74) is 2.11. The number of carbonyl (C=O) groups excluding carboxylic acids is 1. The Morgan fingerprint density at radius 3 is 2.28 bits per heavy atom. The van der Waals surface area contributed by atoms with Crippen LogP contribution in [0.2, 0.25) is 0 Å². The molecular formula is C13H13N3O2. The summed E-state index contributed by atoms with van der Waals surface area (Å²) in [6.45, 7) is 1.88. The summed E-state index contributed by atoms with van der Waals surface area (Å²) in [6.07, 6.45) is 1.59. The average Bonchev–Trinajstić information content (AvgIpc) is 2.35. The summed E-state index contributed by atoms with van der Waals surface area (Å²) in [5.74, 6) is 0.156. The summed E-state index contributed by atoms with van der Waals surface area (Å²) in [6, 6.07) is 9.47. The van der Waals surface area contributed by atoms with Crippen molar-refractivity contribution in [3.05, 3.63) is 48.3 Å². The lowest BCUT2D eigenvalue weighted by molar-refractivity contribution is 0.262. The molecule has 5 nitrogen and oxygen atoms in total. The third kappa shape index (κ3) is 3.21. The zero-order valence-electron chi connectivity index (χ0n) is 9.84. The molecule has 92 valence electrons. The van der Waals surface area contributed by atoms with Gasteiger partial charge in [0.2, 0.25) is 0 Å². The quantitative estimate of drug-likeness (QED) is 0.710. The number of hydrogen-bond donors (Lipinski definition) is 3. The number of aryl methyl sites for hydroxylation is 1. The van der Waals surface area contributed by atoms with Gasteiger partial charge in [-0.05, 0) is 43.3 Å². The van der Waals surface area contributed by atoms with Crippen molar-refractivity contribution in [2.75, 3.05) is 10.6 Å². The van der Waals surface area contributed by atoms with Crippen LogP contribution in [-0.2, 0) is 0 Å². The van der Waals surface area contributed by atoms with E-state index in [1.54, 1.807) is 24.4 Å². The normalized spacial score (nSPS) is 9.83. The van der Waals surface area contributed by atoms with Crippen molar-refractivity contribution in [3.8, 4) is 5.75 Å². The Labute approximate surface area is 104 Å². The first-order chi connectivity index (χ1) is 8.63. The van der Waals surface area contributed by atoms with Crippen molar-refractivity contribution in [2.45, 2.75) is 6.92 Å². The summed E-state index contributed by atoms with van der Waals surface area (Å²) < 4.78 is 0. The van der Waals surface area contributed by atoms with Gasteiger partial charge < -0.3 is 15.7 Å². The maximum Gasteiger partial charge on any atom is 0.323 e. The van der Waals surface area contributed by atoms with E-state index >= 15 is 0 Å². The minimum atomic E-state index is -0.355. The zero-order valence-corrected chi connectivity index (χ0v) is 9.84. The number of urea groups is 1. The molecule has 2 rings (SSSR count). The van der Waals surface area contributed by atoms with Gasteiger partial charge in [0.15, 0.2) is 0 Å². The third-order valence-electron chi connectivity index (χ3n) is 2.29. The number of anilines is 2. The van der Waals surface area contributed by atoms with E-state index in [9.17, 15) is 4.79 Å². The molecule has 0 unspecified atom stereocenters. The van der Waals surface area contributed by atoms with E-state index in [0.29, 0.717) is 11.4 Å². The lowest BCUT2D eigenvalue weighted by atomic mass is 10.3. The number of aromatic hydroxyl groups is 1. The Morgan fingerprint density at radius 1 is 1.06 bits per heavy atom. The van der Waals surface area contributed by atoms with E-state index in [0.717, 1.165) is 5.69 Å². The smallest absolute Gasteiger partial charge is 0.323 e. The number of aromatic nitrogens is 1. The first-order valence-electron chi connectivity index (χ1n) is 5.43. The summed E-state index contributed by atoms with van der Waals surface area (Å²) in [5, 5.41) is 14.4. The van der Waals surface area contributed by atoms with E-state index in [2.05, 4.69) is 15.6 Å². The largest absolute Gasteiger partial charge is 0.508 e. The second-order valence-corrected chi connectivity index (χ2v) is 3.81. The minimum Gasteiger partial charge on any atom is -0.508 e.